The Balaban J connectivity index is 1.59. The summed E-state index contributed by atoms with van der Waals surface area (Å²) in [5, 5.41) is 0. The van der Waals surface area contributed by atoms with Crippen LogP contribution < -0.4 is 9.47 Å². The van der Waals surface area contributed by atoms with Crippen molar-refractivity contribution in [1.82, 2.24) is 4.98 Å². The van der Waals surface area contributed by atoms with Crippen LogP contribution in [0.2, 0.25) is 0 Å². The lowest BCUT2D eigenvalue weighted by atomic mass is 10.2. The predicted octanol–water partition coefficient (Wildman–Crippen LogP) is 4.76. The van der Waals surface area contributed by atoms with Gasteiger partial charge in [-0.2, -0.15) is 0 Å². The van der Waals surface area contributed by atoms with Crippen molar-refractivity contribution in [3.05, 3.63) is 84.1 Å². The zero-order chi connectivity index (χ0) is 15.2. The van der Waals surface area contributed by atoms with Crippen molar-refractivity contribution in [3.63, 3.8) is 0 Å². The number of rotatable bonds is 5. The Morgan fingerprint density at radius 2 is 1.55 bits per heavy atom. The molecule has 0 saturated heterocycles. The van der Waals surface area contributed by atoms with Crippen LogP contribution in [-0.4, -0.2) is 4.98 Å². The molecule has 0 atom stereocenters. The summed E-state index contributed by atoms with van der Waals surface area (Å²) < 4.78 is 11.4. The van der Waals surface area contributed by atoms with Crippen LogP contribution in [0.5, 0.6) is 17.4 Å². The Morgan fingerprint density at radius 3 is 2.23 bits per heavy atom. The fourth-order valence-corrected chi connectivity index (χ4v) is 1.98. The summed E-state index contributed by atoms with van der Waals surface area (Å²) in [6.07, 6.45) is 1.78. The van der Waals surface area contributed by atoms with E-state index >= 15 is 0 Å². The van der Waals surface area contributed by atoms with Crippen molar-refractivity contribution in [1.29, 1.82) is 0 Å². The molecule has 110 valence electrons. The van der Waals surface area contributed by atoms with Crippen LogP contribution in [0.15, 0.2) is 72.9 Å². The molecule has 3 heteroatoms. The number of aryl methyl sites for hydroxylation is 1. The first kappa shape index (κ1) is 14.1. The third-order valence-electron chi connectivity index (χ3n) is 3.18. The Hall–Kier alpha value is -2.81. The van der Waals surface area contributed by atoms with Gasteiger partial charge in [-0.05, 0) is 42.3 Å². The van der Waals surface area contributed by atoms with E-state index in [1.54, 1.807) is 6.20 Å². The monoisotopic (exact) mass is 291 g/mol. The van der Waals surface area contributed by atoms with Crippen molar-refractivity contribution >= 4 is 0 Å². The largest absolute Gasteiger partial charge is 0.489 e. The van der Waals surface area contributed by atoms with Crippen molar-refractivity contribution in [3.8, 4) is 17.4 Å². The molecule has 3 rings (SSSR count). The molecule has 0 unspecified atom stereocenters. The van der Waals surface area contributed by atoms with Gasteiger partial charge in [0, 0.05) is 12.3 Å². The van der Waals surface area contributed by atoms with E-state index in [0.29, 0.717) is 12.5 Å². The van der Waals surface area contributed by atoms with Crippen molar-refractivity contribution in [2.75, 3.05) is 0 Å². The molecule has 0 aliphatic heterocycles. The molecule has 0 aliphatic carbocycles. The standard InChI is InChI=1S/C19H17NO2/c1-15-7-12-19(20-13-15)22-18-10-8-17(9-11-18)21-14-16-5-3-2-4-6-16/h2-13H,14H2,1H3. The average molecular weight is 291 g/mol. The van der Waals surface area contributed by atoms with Gasteiger partial charge in [0.1, 0.15) is 18.1 Å². The van der Waals surface area contributed by atoms with E-state index in [4.69, 9.17) is 9.47 Å². The summed E-state index contributed by atoms with van der Waals surface area (Å²) in [5.74, 6) is 2.14. The molecular weight excluding hydrogens is 274 g/mol. The van der Waals surface area contributed by atoms with Crippen LogP contribution in [-0.2, 0) is 6.61 Å². The molecule has 22 heavy (non-hydrogen) atoms. The van der Waals surface area contributed by atoms with Crippen molar-refractivity contribution < 1.29 is 9.47 Å². The normalized spacial score (nSPS) is 10.2. The number of ether oxygens (including phenoxy) is 2. The summed E-state index contributed by atoms with van der Waals surface area (Å²) in [6.45, 7) is 2.55. The summed E-state index contributed by atoms with van der Waals surface area (Å²) in [4.78, 5) is 4.22. The Labute approximate surface area is 130 Å². The molecule has 3 aromatic rings. The van der Waals surface area contributed by atoms with Crippen LogP contribution >= 0.6 is 0 Å². The zero-order valence-corrected chi connectivity index (χ0v) is 12.4. The number of pyridine rings is 1. The third kappa shape index (κ3) is 3.85. The van der Waals surface area contributed by atoms with E-state index < -0.39 is 0 Å². The fourth-order valence-electron chi connectivity index (χ4n) is 1.98. The number of benzene rings is 2. The molecule has 0 fully saturated rings. The average Bonchev–Trinajstić information content (AvgIpc) is 2.57. The van der Waals surface area contributed by atoms with Gasteiger partial charge in [0.2, 0.25) is 5.88 Å². The quantitative estimate of drug-likeness (QED) is 0.679. The number of hydrogen-bond donors (Lipinski definition) is 0. The van der Waals surface area contributed by atoms with Gasteiger partial charge in [0.05, 0.1) is 0 Å². The molecule has 2 aromatic carbocycles. The maximum absolute atomic E-state index is 5.74. The summed E-state index contributed by atoms with van der Waals surface area (Å²) in [5.41, 5.74) is 2.25. The molecule has 1 heterocycles. The van der Waals surface area contributed by atoms with Gasteiger partial charge in [0.25, 0.3) is 0 Å². The van der Waals surface area contributed by atoms with Gasteiger partial charge in [-0.25, -0.2) is 4.98 Å². The molecule has 0 bridgehead atoms. The highest BCUT2D eigenvalue weighted by Crippen LogP contribution is 2.23. The second-order valence-electron chi connectivity index (χ2n) is 5.02. The smallest absolute Gasteiger partial charge is 0.219 e. The molecule has 0 aliphatic rings. The maximum atomic E-state index is 5.74. The first-order chi connectivity index (χ1) is 10.8. The second-order valence-corrected chi connectivity index (χ2v) is 5.02. The van der Waals surface area contributed by atoms with E-state index in [0.717, 1.165) is 22.6 Å². The molecule has 1 aromatic heterocycles. The summed E-state index contributed by atoms with van der Waals surface area (Å²) >= 11 is 0. The van der Waals surface area contributed by atoms with E-state index in [1.807, 2.05) is 73.7 Å². The molecule has 0 amide bonds. The van der Waals surface area contributed by atoms with Gasteiger partial charge < -0.3 is 9.47 Å². The minimum atomic E-state index is 0.556. The van der Waals surface area contributed by atoms with Gasteiger partial charge in [-0.15, -0.1) is 0 Å². The summed E-state index contributed by atoms with van der Waals surface area (Å²) in [7, 11) is 0. The van der Waals surface area contributed by atoms with Crippen LogP contribution in [0.3, 0.4) is 0 Å². The van der Waals surface area contributed by atoms with Crippen molar-refractivity contribution in [2.45, 2.75) is 13.5 Å². The van der Waals surface area contributed by atoms with Gasteiger partial charge in [-0.1, -0.05) is 36.4 Å². The maximum Gasteiger partial charge on any atom is 0.219 e. The Bertz CT molecular complexity index is 707. The highest BCUT2D eigenvalue weighted by Gasteiger charge is 2.00. The van der Waals surface area contributed by atoms with E-state index in [-0.39, 0.29) is 0 Å². The number of aromatic nitrogens is 1. The van der Waals surface area contributed by atoms with E-state index in [9.17, 15) is 0 Å². The SMILES string of the molecule is Cc1ccc(Oc2ccc(OCc3ccccc3)cc2)nc1. The van der Waals surface area contributed by atoms with Crippen molar-refractivity contribution in [2.24, 2.45) is 0 Å². The van der Waals surface area contributed by atoms with Crippen LogP contribution in [0.1, 0.15) is 11.1 Å². The van der Waals surface area contributed by atoms with Gasteiger partial charge in [0.15, 0.2) is 0 Å². The Morgan fingerprint density at radius 1 is 0.818 bits per heavy atom. The number of nitrogens with zero attached hydrogens (tertiary/aromatic N) is 1. The van der Waals surface area contributed by atoms with Crippen LogP contribution in [0.4, 0.5) is 0 Å². The lowest BCUT2D eigenvalue weighted by molar-refractivity contribution is 0.305. The van der Waals surface area contributed by atoms with Crippen LogP contribution in [0.25, 0.3) is 0 Å². The highest BCUT2D eigenvalue weighted by atomic mass is 16.5. The minimum Gasteiger partial charge on any atom is -0.489 e. The topological polar surface area (TPSA) is 31.4 Å². The Kier molecular flexibility index (Phi) is 4.35. The molecule has 0 spiro atoms. The molecule has 3 nitrogen and oxygen atoms in total. The van der Waals surface area contributed by atoms with E-state index in [1.165, 1.54) is 0 Å². The fraction of sp³-hybridized carbons (Fsp3) is 0.105. The van der Waals surface area contributed by atoms with Crippen LogP contribution in [0, 0.1) is 6.92 Å². The third-order valence-corrected chi connectivity index (χ3v) is 3.18. The molecule has 0 radical (unpaired) electrons. The first-order valence-corrected chi connectivity index (χ1v) is 7.17. The lowest BCUT2D eigenvalue weighted by Gasteiger charge is -2.08. The predicted molar refractivity (Wildman–Crippen MR) is 86.3 cm³/mol. The highest BCUT2D eigenvalue weighted by molar-refractivity contribution is 5.34. The number of hydrogen-bond acceptors (Lipinski definition) is 3. The lowest BCUT2D eigenvalue weighted by Crippen LogP contribution is -1.95. The molecular formula is C19H17NO2. The molecule has 0 N–H and O–H groups in total. The zero-order valence-electron chi connectivity index (χ0n) is 12.4. The summed E-state index contributed by atoms with van der Waals surface area (Å²) in [6, 6.07) is 21.5. The minimum absolute atomic E-state index is 0.556. The molecule has 0 saturated carbocycles. The second kappa shape index (κ2) is 6.76. The van der Waals surface area contributed by atoms with Gasteiger partial charge >= 0.3 is 0 Å². The van der Waals surface area contributed by atoms with E-state index in [2.05, 4.69) is 4.98 Å². The first-order valence-electron chi connectivity index (χ1n) is 7.17. The van der Waals surface area contributed by atoms with Gasteiger partial charge in [-0.3, -0.25) is 0 Å².